The predicted octanol–water partition coefficient (Wildman–Crippen LogP) is 4.84. The van der Waals surface area contributed by atoms with E-state index in [0.29, 0.717) is 36.3 Å². The second kappa shape index (κ2) is 10.3. The van der Waals surface area contributed by atoms with E-state index in [0.717, 1.165) is 24.0 Å². The Morgan fingerprint density at radius 3 is 2.18 bits per heavy atom. The molecule has 0 radical (unpaired) electrons. The van der Waals surface area contributed by atoms with Gasteiger partial charge >= 0.3 is 0 Å². The lowest BCUT2D eigenvalue weighted by molar-refractivity contribution is 0.0667. The number of Topliss-reactive ketones (excluding diaryl/α,β-unsaturated/α-hetero) is 1. The van der Waals surface area contributed by atoms with Gasteiger partial charge in [-0.25, -0.2) is 0 Å². The van der Waals surface area contributed by atoms with Gasteiger partial charge in [0.25, 0.3) is 11.8 Å². The van der Waals surface area contributed by atoms with E-state index in [9.17, 15) is 14.4 Å². The Labute approximate surface area is 194 Å². The number of likely N-dealkylation sites (tertiary alicyclic amines) is 1. The van der Waals surface area contributed by atoms with Crippen LogP contribution in [0.2, 0.25) is 0 Å². The van der Waals surface area contributed by atoms with Gasteiger partial charge in [-0.05, 0) is 55.0 Å². The summed E-state index contributed by atoms with van der Waals surface area (Å²) >= 11 is 0. The molecule has 5 heteroatoms. The highest BCUT2D eigenvalue weighted by atomic mass is 16.2. The minimum absolute atomic E-state index is 0.111. The van der Waals surface area contributed by atoms with E-state index in [1.165, 1.54) is 6.92 Å². The lowest BCUT2D eigenvalue weighted by atomic mass is 9.96. The van der Waals surface area contributed by atoms with Gasteiger partial charge in [-0.3, -0.25) is 14.4 Å². The average molecular weight is 441 g/mol. The fourth-order valence-corrected chi connectivity index (χ4v) is 4.35. The van der Waals surface area contributed by atoms with Crippen molar-refractivity contribution in [1.82, 2.24) is 10.2 Å². The zero-order valence-corrected chi connectivity index (χ0v) is 18.8. The van der Waals surface area contributed by atoms with E-state index in [-0.39, 0.29) is 23.5 Å². The van der Waals surface area contributed by atoms with Crippen LogP contribution in [0.4, 0.5) is 0 Å². The summed E-state index contributed by atoms with van der Waals surface area (Å²) in [5.74, 6) is -0.161. The summed E-state index contributed by atoms with van der Waals surface area (Å²) in [6.45, 7) is 3.22. The van der Waals surface area contributed by atoms with Gasteiger partial charge in [0.05, 0.1) is 5.56 Å². The molecule has 168 valence electrons. The van der Waals surface area contributed by atoms with Crippen molar-refractivity contribution in [3.8, 4) is 11.1 Å². The highest BCUT2D eigenvalue weighted by Crippen LogP contribution is 2.21. The lowest BCUT2D eigenvalue weighted by Gasteiger charge is -2.33. The van der Waals surface area contributed by atoms with Crippen LogP contribution in [-0.2, 0) is 0 Å². The van der Waals surface area contributed by atoms with Crippen LogP contribution in [0.1, 0.15) is 50.8 Å². The first-order valence-corrected chi connectivity index (χ1v) is 11.4. The number of carbonyl (C=O) groups is 3. The molecule has 4 rings (SSSR count). The lowest BCUT2D eigenvalue weighted by Crippen LogP contribution is -2.44. The predicted molar refractivity (Wildman–Crippen MR) is 129 cm³/mol. The van der Waals surface area contributed by atoms with E-state index < -0.39 is 0 Å². The Morgan fingerprint density at radius 1 is 0.848 bits per heavy atom. The summed E-state index contributed by atoms with van der Waals surface area (Å²) in [5.41, 5.74) is 3.71. The monoisotopic (exact) mass is 440 g/mol. The molecule has 1 aliphatic rings. The van der Waals surface area contributed by atoms with Gasteiger partial charge in [0.2, 0.25) is 0 Å². The molecule has 3 aromatic carbocycles. The number of nitrogens with one attached hydrogen (secondary N) is 1. The largest absolute Gasteiger partial charge is 0.352 e. The van der Waals surface area contributed by atoms with Crippen molar-refractivity contribution in [3.05, 3.63) is 95.6 Å². The van der Waals surface area contributed by atoms with Crippen LogP contribution in [0.3, 0.4) is 0 Å². The summed E-state index contributed by atoms with van der Waals surface area (Å²) in [7, 11) is 0. The van der Waals surface area contributed by atoms with Crippen molar-refractivity contribution in [2.24, 2.45) is 5.92 Å². The Hall–Kier alpha value is -3.73. The van der Waals surface area contributed by atoms with E-state index >= 15 is 0 Å². The summed E-state index contributed by atoms with van der Waals surface area (Å²) in [6.07, 6.45) is 1.83. The standard InChI is InChI=1S/C28H28N2O3/c1-20(31)25-11-5-6-12-26(25)28(33)30-17-7-8-21(19-30)18-29-27(32)24-15-13-23(14-16-24)22-9-3-2-4-10-22/h2-6,9-16,21H,7-8,17-19H2,1H3,(H,29,32)/t21-/m0/s1. The highest BCUT2D eigenvalue weighted by molar-refractivity contribution is 6.07. The Bertz CT molecular complexity index is 1140. The fourth-order valence-electron chi connectivity index (χ4n) is 4.35. The Kier molecular flexibility index (Phi) is 6.98. The maximum atomic E-state index is 13.1. The van der Waals surface area contributed by atoms with Crippen LogP contribution in [0, 0.1) is 5.92 Å². The topological polar surface area (TPSA) is 66.5 Å². The Balaban J connectivity index is 1.35. The van der Waals surface area contributed by atoms with E-state index in [2.05, 4.69) is 5.32 Å². The van der Waals surface area contributed by atoms with Gasteiger partial charge < -0.3 is 10.2 Å². The normalized spacial score (nSPS) is 15.7. The molecule has 1 atom stereocenters. The number of piperidine rings is 1. The first-order valence-electron chi connectivity index (χ1n) is 11.4. The minimum atomic E-state index is -0.117. The van der Waals surface area contributed by atoms with Crippen molar-refractivity contribution in [1.29, 1.82) is 0 Å². The number of amides is 2. The van der Waals surface area contributed by atoms with Gasteiger partial charge in [0.15, 0.2) is 5.78 Å². The minimum Gasteiger partial charge on any atom is -0.352 e. The number of hydrogen-bond donors (Lipinski definition) is 1. The molecule has 0 spiro atoms. The van der Waals surface area contributed by atoms with Crippen LogP contribution in [-0.4, -0.2) is 42.1 Å². The molecule has 3 aromatic rings. The molecule has 0 bridgehead atoms. The average Bonchev–Trinajstić information content (AvgIpc) is 2.87. The molecule has 1 heterocycles. The summed E-state index contributed by atoms with van der Waals surface area (Å²) in [5, 5.41) is 3.03. The quantitative estimate of drug-likeness (QED) is 0.558. The SMILES string of the molecule is CC(=O)c1ccccc1C(=O)N1CCC[C@@H](CNC(=O)c2ccc(-c3ccccc3)cc2)C1. The molecule has 33 heavy (non-hydrogen) atoms. The maximum Gasteiger partial charge on any atom is 0.254 e. The van der Waals surface area contributed by atoms with Gasteiger partial charge in [0, 0.05) is 30.8 Å². The highest BCUT2D eigenvalue weighted by Gasteiger charge is 2.26. The zero-order chi connectivity index (χ0) is 23.2. The van der Waals surface area contributed by atoms with Crippen molar-refractivity contribution in [3.63, 3.8) is 0 Å². The second-order valence-electron chi connectivity index (χ2n) is 8.51. The molecule has 1 fully saturated rings. The van der Waals surface area contributed by atoms with Gasteiger partial charge in [0.1, 0.15) is 0 Å². The third kappa shape index (κ3) is 5.37. The van der Waals surface area contributed by atoms with Gasteiger partial charge in [-0.1, -0.05) is 60.7 Å². The number of benzene rings is 3. The molecular formula is C28H28N2O3. The Morgan fingerprint density at radius 2 is 1.48 bits per heavy atom. The van der Waals surface area contributed by atoms with E-state index in [4.69, 9.17) is 0 Å². The van der Waals surface area contributed by atoms with Crippen LogP contribution < -0.4 is 5.32 Å². The summed E-state index contributed by atoms with van der Waals surface area (Å²) in [4.78, 5) is 39.4. The van der Waals surface area contributed by atoms with Crippen molar-refractivity contribution >= 4 is 17.6 Å². The number of ketones is 1. The number of hydrogen-bond acceptors (Lipinski definition) is 3. The molecule has 5 nitrogen and oxygen atoms in total. The van der Waals surface area contributed by atoms with Crippen LogP contribution in [0.25, 0.3) is 11.1 Å². The molecule has 2 amide bonds. The molecule has 0 aromatic heterocycles. The number of rotatable bonds is 6. The van der Waals surface area contributed by atoms with Crippen LogP contribution >= 0.6 is 0 Å². The molecule has 0 aliphatic carbocycles. The van der Waals surface area contributed by atoms with Gasteiger partial charge in [-0.15, -0.1) is 0 Å². The molecule has 1 saturated heterocycles. The van der Waals surface area contributed by atoms with Crippen molar-refractivity contribution in [2.45, 2.75) is 19.8 Å². The van der Waals surface area contributed by atoms with E-state index in [1.54, 1.807) is 29.2 Å². The van der Waals surface area contributed by atoms with E-state index in [1.807, 2.05) is 54.6 Å². The third-order valence-corrected chi connectivity index (χ3v) is 6.15. The smallest absolute Gasteiger partial charge is 0.254 e. The first kappa shape index (κ1) is 22.5. The molecule has 1 aliphatic heterocycles. The summed E-state index contributed by atoms with van der Waals surface area (Å²) in [6, 6.07) is 24.6. The third-order valence-electron chi connectivity index (χ3n) is 6.15. The summed E-state index contributed by atoms with van der Waals surface area (Å²) < 4.78 is 0. The van der Waals surface area contributed by atoms with Crippen LogP contribution in [0.5, 0.6) is 0 Å². The first-order chi connectivity index (χ1) is 16.0. The molecular weight excluding hydrogens is 412 g/mol. The molecule has 0 unspecified atom stereocenters. The van der Waals surface area contributed by atoms with Crippen molar-refractivity contribution < 1.29 is 14.4 Å². The second-order valence-corrected chi connectivity index (χ2v) is 8.51. The molecule has 0 saturated carbocycles. The molecule has 1 N–H and O–H groups in total. The van der Waals surface area contributed by atoms with Crippen LogP contribution in [0.15, 0.2) is 78.9 Å². The zero-order valence-electron chi connectivity index (χ0n) is 18.8. The number of carbonyl (C=O) groups excluding carboxylic acids is 3. The van der Waals surface area contributed by atoms with Crippen molar-refractivity contribution in [2.75, 3.05) is 19.6 Å². The fraction of sp³-hybridized carbons (Fsp3) is 0.250. The maximum absolute atomic E-state index is 13.1. The number of nitrogens with zero attached hydrogens (tertiary/aromatic N) is 1. The van der Waals surface area contributed by atoms with Gasteiger partial charge in [-0.2, -0.15) is 0 Å².